The van der Waals surface area contributed by atoms with E-state index < -0.39 is 5.82 Å². The molecule has 0 radical (unpaired) electrons. The molecule has 1 amide bonds. The number of carbonyl (C=O) groups is 1. The number of amides is 1. The summed E-state index contributed by atoms with van der Waals surface area (Å²) < 4.78 is 19.8. The molecule has 28 heavy (non-hydrogen) atoms. The van der Waals surface area contributed by atoms with Gasteiger partial charge in [-0.25, -0.2) is 9.37 Å². The number of thioether (sulfide) groups is 1. The lowest BCUT2D eigenvalue weighted by atomic mass is 10.2. The number of halogens is 1. The quantitative estimate of drug-likeness (QED) is 0.522. The molecule has 1 unspecified atom stereocenters. The molecule has 8 heteroatoms. The van der Waals surface area contributed by atoms with E-state index in [1.807, 2.05) is 24.3 Å². The van der Waals surface area contributed by atoms with Crippen LogP contribution in [0.5, 0.6) is 0 Å². The lowest BCUT2D eigenvalue weighted by Gasteiger charge is -2.13. The van der Waals surface area contributed by atoms with Crippen molar-refractivity contribution in [2.45, 2.75) is 24.1 Å². The number of anilines is 2. The number of nitrogens with zero attached hydrogens (tertiary/aromatic N) is 1. The van der Waals surface area contributed by atoms with Gasteiger partial charge in [0.25, 0.3) is 0 Å². The number of hydrogen-bond acceptors (Lipinski definition) is 5. The van der Waals surface area contributed by atoms with E-state index in [0.29, 0.717) is 23.1 Å². The van der Waals surface area contributed by atoms with Gasteiger partial charge in [0.1, 0.15) is 5.82 Å². The van der Waals surface area contributed by atoms with E-state index in [1.165, 1.54) is 17.8 Å². The number of imidazole rings is 1. The van der Waals surface area contributed by atoms with Gasteiger partial charge in [-0.05, 0) is 43.2 Å². The van der Waals surface area contributed by atoms with E-state index in [1.54, 1.807) is 12.1 Å². The number of benzene rings is 2. The lowest BCUT2D eigenvalue weighted by molar-refractivity contribution is -0.113. The third kappa shape index (κ3) is 4.63. The van der Waals surface area contributed by atoms with Crippen LogP contribution in [-0.4, -0.2) is 40.9 Å². The molecule has 1 aromatic heterocycles. The average Bonchev–Trinajstić information content (AvgIpc) is 3.35. The zero-order valence-corrected chi connectivity index (χ0v) is 16.0. The van der Waals surface area contributed by atoms with Gasteiger partial charge in [-0.15, -0.1) is 0 Å². The van der Waals surface area contributed by atoms with Gasteiger partial charge in [0.2, 0.25) is 5.91 Å². The van der Waals surface area contributed by atoms with Crippen LogP contribution in [0.25, 0.3) is 11.0 Å². The number of ether oxygens (including phenoxy) is 1. The molecule has 2 aromatic carbocycles. The van der Waals surface area contributed by atoms with Crippen LogP contribution in [0.2, 0.25) is 0 Å². The molecule has 1 saturated heterocycles. The summed E-state index contributed by atoms with van der Waals surface area (Å²) in [6, 6.07) is 12.3. The van der Waals surface area contributed by atoms with Crippen LogP contribution < -0.4 is 10.6 Å². The maximum atomic E-state index is 14.3. The smallest absolute Gasteiger partial charge is 0.234 e. The molecule has 1 atom stereocenters. The fourth-order valence-corrected chi connectivity index (χ4v) is 3.78. The molecule has 6 nitrogen and oxygen atoms in total. The summed E-state index contributed by atoms with van der Waals surface area (Å²) in [5.41, 5.74) is 2.62. The van der Waals surface area contributed by atoms with Crippen LogP contribution in [0.1, 0.15) is 12.8 Å². The first-order valence-corrected chi connectivity index (χ1v) is 10.2. The van der Waals surface area contributed by atoms with Gasteiger partial charge < -0.3 is 20.4 Å². The minimum absolute atomic E-state index is 0.133. The highest BCUT2D eigenvalue weighted by molar-refractivity contribution is 7.99. The zero-order chi connectivity index (χ0) is 19.3. The molecule has 3 aromatic rings. The number of rotatable bonds is 7. The first-order chi connectivity index (χ1) is 13.7. The third-order valence-corrected chi connectivity index (χ3v) is 5.38. The Morgan fingerprint density at radius 2 is 2.21 bits per heavy atom. The third-order valence-electron chi connectivity index (χ3n) is 4.50. The number of carbonyl (C=O) groups excluding carboxylic acids is 1. The van der Waals surface area contributed by atoms with Crippen molar-refractivity contribution in [2.24, 2.45) is 0 Å². The van der Waals surface area contributed by atoms with E-state index >= 15 is 0 Å². The molecule has 0 spiro atoms. The highest BCUT2D eigenvalue weighted by Crippen LogP contribution is 2.22. The Hall–Kier alpha value is -2.58. The number of para-hydroxylation sites is 2. The van der Waals surface area contributed by atoms with Crippen molar-refractivity contribution in [3.8, 4) is 0 Å². The van der Waals surface area contributed by atoms with Gasteiger partial charge in [0, 0.05) is 18.8 Å². The Kier molecular flexibility index (Phi) is 5.78. The lowest BCUT2D eigenvalue weighted by Crippen LogP contribution is -2.19. The number of H-pyrrole nitrogens is 1. The van der Waals surface area contributed by atoms with E-state index in [-0.39, 0.29) is 17.8 Å². The van der Waals surface area contributed by atoms with Crippen LogP contribution in [0.3, 0.4) is 0 Å². The monoisotopic (exact) mass is 400 g/mol. The summed E-state index contributed by atoms with van der Waals surface area (Å²) in [6.45, 7) is 1.35. The van der Waals surface area contributed by atoms with Crippen molar-refractivity contribution < 1.29 is 13.9 Å². The highest BCUT2D eigenvalue weighted by atomic mass is 32.2. The predicted molar refractivity (Wildman–Crippen MR) is 109 cm³/mol. The summed E-state index contributed by atoms with van der Waals surface area (Å²) in [5, 5.41) is 6.46. The number of aromatic amines is 1. The Balaban J connectivity index is 1.29. The molecule has 2 heterocycles. The van der Waals surface area contributed by atoms with Gasteiger partial charge >= 0.3 is 0 Å². The normalized spacial score (nSPS) is 16.4. The van der Waals surface area contributed by atoms with Crippen LogP contribution in [-0.2, 0) is 9.53 Å². The Bertz CT molecular complexity index is 939. The van der Waals surface area contributed by atoms with Crippen molar-refractivity contribution >= 4 is 40.1 Å². The van der Waals surface area contributed by atoms with Crippen molar-refractivity contribution in [1.82, 2.24) is 9.97 Å². The van der Waals surface area contributed by atoms with E-state index in [4.69, 9.17) is 4.74 Å². The van der Waals surface area contributed by atoms with Crippen molar-refractivity contribution in [3.05, 3.63) is 48.3 Å². The molecule has 1 aliphatic rings. The molecule has 4 rings (SSSR count). The molecular weight excluding hydrogens is 379 g/mol. The SMILES string of the molecule is O=C(CSc1nc2ccccc2[nH]1)Nc1ccc(NCC2CCCO2)c(F)c1. The molecule has 1 aliphatic heterocycles. The van der Waals surface area contributed by atoms with Gasteiger partial charge in [-0.3, -0.25) is 4.79 Å². The van der Waals surface area contributed by atoms with Gasteiger partial charge in [0.15, 0.2) is 5.16 Å². The summed E-state index contributed by atoms with van der Waals surface area (Å²) in [4.78, 5) is 19.7. The van der Waals surface area contributed by atoms with E-state index in [2.05, 4.69) is 20.6 Å². The molecule has 3 N–H and O–H groups in total. The molecule has 0 aliphatic carbocycles. The van der Waals surface area contributed by atoms with Crippen molar-refractivity contribution in [3.63, 3.8) is 0 Å². The second kappa shape index (κ2) is 8.62. The first-order valence-electron chi connectivity index (χ1n) is 9.20. The second-order valence-corrected chi connectivity index (χ2v) is 7.57. The van der Waals surface area contributed by atoms with E-state index in [0.717, 1.165) is 30.5 Å². The number of aromatic nitrogens is 2. The van der Waals surface area contributed by atoms with Gasteiger partial charge in [0.05, 0.1) is 28.6 Å². The van der Waals surface area contributed by atoms with Crippen LogP contribution >= 0.6 is 11.8 Å². The second-order valence-electron chi connectivity index (χ2n) is 6.61. The number of fused-ring (bicyclic) bond motifs is 1. The summed E-state index contributed by atoms with van der Waals surface area (Å²) >= 11 is 1.30. The van der Waals surface area contributed by atoms with Crippen LogP contribution in [0.4, 0.5) is 15.8 Å². The summed E-state index contributed by atoms with van der Waals surface area (Å²) in [5.74, 6) is -0.439. The zero-order valence-electron chi connectivity index (χ0n) is 15.2. The maximum Gasteiger partial charge on any atom is 0.234 e. The topological polar surface area (TPSA) is 79.0 Å². The number of hydrogen-bond donors (Lipinski definition) is 3. The van der Waals surface area contributed by atoms with Crippen LogP contribution in [0, 0.1) is 5.82 Å². The molecular formula is C20H21FN4O2S. The minimum Gasteiger partial charge on any atom is -0.380 e. The molecule has 1 fully saturated rings. The van der Waals surface area contributed by atoms with Gasteiger partial charge in [-0.1, -0.05) is 23.9 Å². The Morgan fingerprint density at radius 3 is 3.00 bits per heavy atom. The molecule has 146 valence electrons. The van der Waals surface area contributed by atoms with Crippen molar-refractivity contribution in [2.75, 3.05) is 29.5 Å². The van der Waals surface area contributed by atoms with Crippen molar-refractivity contribution in [1.29, 1.82) is 0 Å². The predicted octanol–water partition coefficient (Wildman–Crippen LogP) is 4.02. The standard InChI is InChI=1S/C20H21FN4O2S/c21-15-10-13(7-8-16(15)22-11-14-4-3-9-27-14)23-19(26)12-28-20-24-17-5-1-2-6-18(17)25-20/h1-2,5-8,10,14,22H,3-4,9,11-12H2,(H,23,26)(H,24,25). The summed E-state index contributed by atoms with van der Waals surface area (Å²) in [6.07, 6.45) is 2.17. The minimum atomic E-state index is -0.402. The Morgan fingerprint density at radius 1 is 1.32 bits per heavy atom. The Labute approximate surface area is 166 Å². The molecule has 0 saturated carbocycles. The fourth-order valence-electron chi connectivity index (χ4n) is 3.09. The summed E-state index contributed by atoms with van der Waals surface area (Å²) in [7, 11) is 0. The number of nitrogens with one attached hydrogen (secondary N) is 3. The first kappa shape index (κ1) is 18.8. The maximum absolute atomic E-state index is 14.3. The fraction of sp³-hybridized carbons (Fsp3) is 0.300. The average molecular weight is 400 g/mol. The molecule has 0 bridgehead atoms. The largest absolute Gasteiger partial charge is 0.380 e. The van der Waals surface area contributed by atoms with Gasteiger partial charge in [-0.2, -0.15) is 0 Å². The van der Waals surface area contributed by atoms with Crippen LogP contribution in [0.15, 0.2) is 47.6 Å². The highest BCUT2D eigenvalue weighted by Gasteiger charge is 2.16. The van der Waals surface area contributed by atoms with E-state index in [9.17, 15) is 9.18 Å².